The van der Waals surface area contributed by atoms with E-state index in [1.807, 2.05) is 12.1 Å². The zero-order valence-corrected chi connectivity index (χ0v) is 20.4. The van der Waals surface area contributed by atoms with Crippen molar-refractivity contribution in [2.75, 3.05) is 13.1 Å². The lowest BCUT2D eigenvalue weighted by molar-refractivity contribution is 0.0939. The first-order valence-corrected chi connectivity index (χ1v) is 12.7. The molecule has 1 heterocycles. The second-order valence-electron chi connectivity index (χ2n) is 9.89. The molecule has 1 fully saturated rings. The maximum atomic E-state index is 12.6. The number of hydrogen-bond acceptors (Lipinski definition) is 5. The van der Waals surface area contributed by atoms with Gasteiger partial charge in [0.25, 0.3) is 5.91 Å². The fourth-order valence-corrected chi connectivity index (χ4v) is 4.95. The number of rotatable bonds is 10. The molecular formula is C28H37N3O4. The third-order valence-corrected chi connectivity index (χ3v) is 7.07. The summed E-state index contributed by atoms with van der Waals surface area (Å²) >= 11 is 0. The van der Waals surface area contributed by atoms with Gasteiger partial charge >= 0.3 is 0 Å². The summed E-state index contributed by atoms with van der Waals surface area (Å²) in [6.07, 6.45) is 6.29. The van der Waals surface area contributed by atoms with Gasteiger partial charge in [0.1, 0.15) is 11.4 Å². The van der Waals surface area contributed by atoms with Crippen LogP contribution in [0.2, 0.25) is 0 Å². The van der Waals surface area contributed by atoms with Gasteiger partial charge in [-0.05, 0) is 73.6 Å². The Morgan fingerprint density at radius 2 is 1.91 bits per heavy atom. The number of H-pyrrole nitrogens is 1. The van der Waals surface area contributed by atoms with E-state index in [1.165, 1.54) is 38.2 Å². The van der Waals surface area contributed by atoms with Crippen LogP contribution in [0.15, 0.2) is 42.5 Å². The molecule has 0 bridgehead atoms. The summed E-state index contributed by atoms with van der Waals surface area (Å²) in [7, 11) is 0. The van der Waals surface area contributed by atoms with Crippen molar-refractivity contribution >= 4 is 16.8 Å². The maximum Gasteiger partial charge on any atom is 0.267 e. The highest BCUT2D eigenvalue weighted by Crippen LogP contribution is 2.24. The molecule has 0 saturated heterocycles. The SMILES string of the molecule is CC(Cc1ccc2[nH]c(C(=O)NCC3CCCCC3)cc2c1)NCC(O)c1ccc(O)c(CO)c1. The Balaban J connectivity index is 1.30. The number of aliphatic hydroxyl groups excluding tert-OH is 2. The predicted octanol–water partition coefficient (Wildman–Crippen LogP) is 3.93. The highest BCUT2D eigenvalue weighted by atomic mass is 16.3. The predicted molar refractivity (Wildman–Crippen MR) is 137 cm³/mol. The molecule has 1 aromatic heterocycles. The summed E-state index contributed by atoms with van der Waals surface area (Å²) in [6.45, 7) is 2.89. The van der Waals surface area contributed by atoms with Gasteiger partial charge < -0.3 is 30.9 Å². The highest BCUT2D eigenvalue weighted by Gasteiger charge is 2.16. The van der Waals surface area contributed by atoms with Crippen molar-refractivity contribution < 1.29 is 20.1 Å². The Labute approximate surface area is 206 Å². The van der Waals surface area contributed by atoms with Gasteiger partial charge in [-0.3, -0.25) is 4.79 Å². The van der Waals surface area contributed by atoms with Crippen molar-refractivity contribution in [1.82, 2.24) is 15.6 Å². The Kier molecular flexibility index (Phi) is 8.44. The summed E-state index contributed by atoms with van der Waals surface area (Å²) in [5.74, 6) is 0.577. The molecule has 0 spiro atoms. The fourth-order valence-electron chi connectivity index (χ4n) is 4.95. The first-order valence-electron chi connectivity index (χ1n) is 12.7. The second-order valence-corrected chi connectivity index (χ2v) is 9.89. The van der Waals surface area contributed by atoms with Crippen LogP contribution in [0.4, 0.5) is 0 Å². The highest BCUT2D eigenvalue weighted by molar-refractivity contribution is 5.98. The average molecular weight is 480 g/mol. The topological polar surface area (TPSA) is 118 Å². The molecule has 0 aliphatic heterocycles. The van der Waals surface area contributed by atoms with Crippen molar-refractivity contribution in [3.63, 3.8) is 0 Å². The van der Waals surface area contributed by atoms with Gasteiger partial charge in [-0.25, -0.2) is 0 Å². The van der Waals surface area contributed by atoms with Gasteiger partial charge in [0.2, 0.25) is 0 Å². The molecule has 7 heteroatoms. The molecule has 2 atom stereocenters. The molecule has 35 heavy (non-hydrogen) atoms. The number of benzene rings is 2. The number of phenols is 1. The van der Waals surface area contributed by atoms with Crippen LogP contribution in [0.1, 0.15) is 72.3 Å². The quantitative estimate of drug-likeness (QED) is 0.263. The van der Waals surface area contributed by atoms with Gasteiger partial charge in [0, 0.05) is 35.6 Å². The largest absolute Gasteiger partial charge is 0.508 e. The van der Waals surface area contributed by atoms with Crippen molar-refractivity contribution in [3.05, 3.63) is 64.8 Å². The van der Waals surface area contributed by atoms with E-state index >= 15 is 0 Å². The molecule has 3 aromatic rings. The van der Waals surface area contributed by atoms with Crippen LogP contribution < -0.4 is 10.6 Å². The first-order chi connectivity index (χ1) is 16.9. The summed E-state index contributed by atoms with van der Waals surface area (Å²) in [5, 5.41) is 37.0. The maximum absolute atomic E-state index is 12.6. The fraction of sp³-hybridized carbons (Fsp3) is 0.464. The van der Waals surface area contributed by atoms with Crippen LogP contribution >= 0.6 is 0 Å². The number of fused-ring (bicyclic) bond motifs is 1. The molecule has 7 nitrogen and oxygen atoms in total. The number of amides is 1. The number of nitrogens with one attached hydrogen (secondary N) is 3. The molecule has 0 radical (unpaired) electrons. The van der Waals surface area contributed by atoms with Gasteiger partial charge in [0.15, 0.2) is 0 Å². The summed E-state index contributed by atoms with van der Waals surface area (Å²) in [5.41, 5.74) is 3.73. The minimum absolute atomic E-state index is 0.0230. The molecule has 1 aliphatic carbocycles. The van der Waals surface area contributed by atoms with Gasteiger partial charge in [-0.15, -0.1) is 0 Å². The van der Waals surface area contributed by atoms with Crippen molar-refractivity contribution in [1.29, 1.82) is 0 Å². The van der Waals surface area contributed by atoms with E-state index in [-0.39, 0.29) is 24.3 Å². The minimum Gasteiger partial charge on any atom is -0.508 e. The molecule has 188 valence electrons. The molecular weight excluding hydrogens is 442 g/mol. The van der Waals surface area contributed by atoms with E-state index in [1.54, 1.807) is 12.1 Å². The number of aromatic nitrogens is 1. The molecule has 1 aliphatic rings. The minimum atomic E-state index is -0.745. The molecule has 1 amide bonds. The number of carbonyl (C=O) groups excluding carboxylic acids is 1. The van der Waals surface area contributed by atoms with E-state index in [2.05, 4.69) is 34.7 Å². The Morgan fingerprint density at radius 3 is 2.69 bits per heavy atom. The zero-order chi connectivity index (χ0) is 24.8. The Hall–Kier alpha value is -2.87. The van der Waals surface area contributed by atoms with Crippen molar-refractivity contribution in [3.8, 4) is 5.75 Å². The van der Waals surface area contributed by atoms with Gasteiger partial charge in [0.05, 0.1) is 12.7 Å². The summed E-state index contributed by atoms with van der Waals surface area (Å²) < 4.78 is 0. The van der Waals surface area contributed by atoms with E-state index < -0.39 is 6.10 Å². The molecule has 6 N–H and O–H groups in total. The molecule has 1 saturated carbocycles. The zero-order valence-electron chi connectivity index (χ0n) is 20.4. The van der Waals surface area contributed by atoms with Crippen LogP contribution in [-0.2, 0) is 13.0 Å². The van der Waals surface area contributed by atoms with Crippen LogP contribution in [0.25, 0.3) is 10.9 Å². The number of aliphatic hydroxyl groups is 2. The summed E-state index contributed by atoms with van der Waals surface area (Å²) in [6, 6.07) is 13.0. The molecule has 2 unspecified atom stereocenters. The van der Waals surface area contributed by atoms with E-state index in [0.717, 1.165) is 29.4 Å². The van der Waals surface area contributed by atoms with Crippen LogP contribution in [0.5, 0.6) is 5.75 Å². The Bertz CT molecular complexity index is 1140. The first kappa shape index (κ1) is 25.2. The third kappa shape index (κ3) is 6.63. The van der Waals surface area contributed by atoms with Crippen LogP contribution in [0.3, 0.4) is 0 Å². The number of hydrogen-bond donors (Lipinski definition) is 6. The van der Waals surface area contributed by atoms with Crippen molar-refractivity contribution in [2.45, 2.75) is 64.2 Å². The third-order valence-electron chi connectivity index (χ3n) is 7.07. The number of aromatic hydroxyl groups is 1. The van der Waals surface area contributed by atoms with Crippen molar-refractivity contribution in [2.24, 2.45) is 5.92 Å². The molecule has 4 rings (SSSR count). The second kappa shape index (κ2) is 11.7. The normalized spacial score (nSPS) is 16.3. The smallest absolute Gasteiger partial charge is 0.267 e. The number of carbonyl (C=O) groups is 1. The average Bonchev–Trinajstić information content (AvgIpc) is 3.30. The van der Waals surface area contributed by atoms with Gasteiger partial charge in [-0.2, -0.15) is 0 Å². The van der Waals surface area contributed by atoms with Gasteiger partial charge in [-0.1, -0.05) is 31.4 Å². The van der Waals surface area contributed by atoms with Crippen LogP contribution in [-0.4, -0.2) is 45.3 Å². The number of aromatic amines is 1. The lowest BCUT2D eigenvalue weighted by Gasteiger charge is -2.21. The summed E-state index contributed by atoms with van der Waals surface area (Å²) in [4.78, 5) is 15.9. The molecule has 2 aromatic carbocycles. The lowest BCUT2D eigenvalue weighted by Crippen LogP contribution is -2.32. The van der Waals surface area contributed by atoms with E-state index in [4.69, 9.17) is 0 Å². The van der Waals surface area contributed by atoms with E-state index in [9.17, 15) is 20.1 Å². The lowest BCUT2D eigenvalue weighted by atomic mass is 9.89. The monoisotopic (exact) mass is 479 g/mol. The Morgan fingerprint density at radius 1 is 1.11 bits per heavy atom. The van der Waals surface area contributed by atoms with E-state index in [0.29, 0.717) is 29.3 Å². The standard InChI is InChI=1S/C28H37N3O4/c1-18(29-16-27(34)21-8-10-26(33)23(13-21)17-32)11-20-7-9-24-22(12-20)14-25(31-24)28(35)30-15-19-5-3-2-4-6-19/h7-10,12-14,18-19,27,29,31-34H,2-6,11,15-17H2,1H3,(H,30,35). The van der Waals surface area contributed by atoms with Crippen LogP contribution in [0, 0.1) is 5.92 Å².